The summed E-state index contributed by atoms with van der Waals surface area (Å²) in [6, 6.07) is 6.28. The van der Waals surface area contributed by atoms with E-state index in [2.05, 4.69) is 15.3 Å². The van der Waals surface area contributed by atoms with Gasteiger partial charge in [0.15, 0.2) is 0 Å². The second-order valence-electron chi connectivity index (χ2n) is 2.99. The molecule has 0 spiro atoms. The van der Waals surface area contributed by atoms with E-state index in [1.165, 1.54) is 18.2 Å². The molecule has 1 aromatic carbocycles. The molecule has 1 N–H and O–H groups in total. The van der Waals surface area contributed by atoms with Gasteiger partial charge in [0.1, 0.15) is 17.9 Å². The lowest BCUT2D eigenvalue weighted by Crippen LogP contribution is -2.17. The first-order valence-electron chi connectivity index (χ1n) is 4.55. The lowest BCUT2D eigenvalue weighted by Gasteiger charge is -2.11. The molecule has 5 nitrogen and oxygen atoms in total. The number of nitriles is 2. The average molecular weight is 289 g/mol. The minimum atomic E-state index is -4.84. The van der Waals surface area contributed by atoms with Crippen molar-refractivity contribution < 1.29 is 17.9 Å². The van der Waals surface area contributed by atoms with Crippen LogP contribution in [0.5, 0.6) is 5.75 Å². The first-order valence-corrected chi connectivity index (χ1v) is 4.92. The van der Waals surface area contributed by atoms with Crippen LogP contribution in [0, 0.1) is 22.7 Å². The molecule has 0 aliphatic heterocycles. The summed E-state index contributed by atoms with van der Waals surface area (Å²) < 4.78 is 39.6. The van der Waals surface area contributed by atoms with Crippen molar-refractivity contribution in [1.29, 1.82) is 10.5 Å². The highest BCUT2D eigenvalue weighted by molar-refractivity contribution is 6.32. The predicted molar refractivity (Wildman–Crippen MR) is 60.4 cm³/mol. The highest BCUT2D eigenvalue weighted by atomic mass is 35.5. The van der Waals surface area contributed by atoms with E-state index in [0.717, 1.165) is 12.1 Å². The van der Waals surface area contributed by atoms with E-state index in [-0.39, 0.29) is 10.7 Å². The maximum Gasteiger partial charge on any atom is 0.573 e. The lowest BCUT2D eigenvalue weighted by molar-refractivity contribution is -0.274. The van der Waals surface area contributed by atoms with Gasteiger partial charge in [-0.15, -0.1) is 13.2 Å². The van der Waals surface area contributed by atoms with Crippen LogP contribution < -0.4 is 10.2 Å². The Bertz CT molecular complexity index is 570. The van der Waals surface area contributed by atoms with Crippen molar-refractivity contribution in [2.75, 3.05) is 5.43 Å². The maximum absolute atomic E-state index is 12.0. The predicted octanol–water partition coefficient (Wildman–Crippen LogP) is 3.05. The Morgan fingerprint density at radius 3 is 2.42 bits per heavy atom. The largest absolute Gasteiger partial charge is 0.573 e. The fourth-order valence-electron chi connectivity index (χ4n) is 0.973. The summed E-state index contributed by atoms with van der Waals surface area (Å²) in [5.41, 5.74) is 2.06. The molecule has 0 unspecified atom stereocenters. The van der Waals surface area contributed by atoms with E-state index in [4.69, 9.17) is 22.1 Å². The number of nitrogens with one attached hydrogen (secondary N) is 1. The Kier molecular flexibility index (Phi) is 4.56. The van der Waals surface area contributed by atoms with Crippen molar-refractivity contribution >= 4 is 23.0 Å². The van der Waals surface area contributed by atoms with Crippen molar-refractivity contribution in [2.24, 2.45) is 5.10 Å². The highest BCUT2D eigenvalue weighted by Gasteiger charge is 2.32. The number of hydrogen-bond acceptors (Lipinski definition) is 5. The summed E-state index contributed by atoms with van der Waals surface area (Å²) in [5.74, 6) is -0.565. The monoisotopic (exact) mass is 288 g/mol. The van der Waals surface area contributed by atoms with Gasteiger partial charge >= 0.3 is 6.36 Å². The topological polar surface area (TPSA) is 81.2 Å². The van der Waals surface area contributed by atoms with Gasteiger partial charge in [0.25, 0.3) is 0 Å². The molecule has 0 fully saturated rings. The van der Waals surface area contributed by atoms with Crippen LogP contribution in [0.15, 0.2) is 23.3 Å². The molecule has 0 saturated heterocycles. The Morgan fingerprint density at radius 2 is 1.95 bits per heavy atom. The summed E-state index contributed by atoms with van der Waals surface area (Å²) in [6.07, 6.45) is -4.84. The van der Waals surface area contributed by atoms with Gasteiger partial charge in [0, 0.05) is 0 Å². The number of hydrazone groups is 1. The van der Waals surface area contributed by atoms with E-state index in [0.29, 0.717) is 0 Å². The highest BCUT2D eigenvalue weighted by Crippen LogP contribution is 2.32. The van der Waals surface area contributed by atoms with E-state index < -0.39 is 17.8 Å². The number of alkyl halides is 3. The van der Waals surface area contributed by atoms with Gasteiger partial charge in [0.05, 0.1) is 10.7 Å². The molecule has 0 aliphatic rings. The molecule has 1 aromatic rings. The van der Waals surface area contributed by atoms with Crippen LogP contribution in [0.25, 0.3) is 0 Å². The molecule has 0 heterocycles. The van der Waals surface area contributed by atoms with E-state index >= 15 is 0 Å². The SMILES string of the molecule is N#CC(C#N)=NNc1ccc(OC(F)(F)F)c(Cl)c1. The second-order valence-corrected chi connectivity index (χ2v) is 3.40. The van der Waals surface area contributed by atoms with Crippen molar-refractivity contribution in [3.8, 4) is 17.9 Å². The summed E-state index contributed by atoms with van der Waals surface area (Å²) >= 11 is 5.58. The molecule has 0 radical (unpaired) electrons. The summed E-state index contributed by atoms with van der Waals surface area (Å²) in [4.78, 5) is 0. The minimum absolute atomic E-state index is 0.197. The molecule has 19 heavy (non-hydrogen) atoms. The lowest BCUT2D eigenvalue weighted by atomic mass is 10.3. The smallest absolute Gasteiger partial charge is 0.404 e. The number of nitrogens with zero attached hydrogens (tertiary/aromatic N) is 3. The number of hydrogen-bond donors (Lipinski definition) is 1. The third kappa shape index (κ3) is 4.74. The van der Waals surface area contributed by atoms with Crippen LogP contribution in [-0.2, 0) is 0 Å². The van der Waals surface area contributed by atoms with Crippen molar-refractivity contribution in [3.05, 3.63) is 23.2 Å². The normalized spacial score (nSPS) is 10.0. The van der Waals surface area contributed by atoms with Crippen molar-refractivity contribution in [2.45, 2.75) is 6.36 Å². The molecular weight excluding hydrogens is 285 g/mol. The summed E-state index contributed by atoms with van der Waals surface area (Å²) in [5, 5.41) is 19.9. The first-order chi connectivity index (χ1) is 8.85. The van der Waals surface area contributed by atoms with Crippen LogP contribution >= 0.6 is 11.6 Å². The molecule has 0 aromatic heterocycles. The molecule has 1 rings (SSSR count). The second kappa shape index (κ2) is 5.94. The van der Waals surface area contributed by atoms with E-state index in [1.807, 2.05) is 0 Å². The molecule has 9 heteroatoms. The fourth-order valence-corrected chi connectivity index (χ4v) is 1.19. The molecule has 0 bridgehead atoms. The van der Waals surface area contributed by atoms with Gasteiger partial charge in [-0.3, -0.25) is 5.43 Å². The molecule has 0 amide bonds. The number of rotatable bonds is 3. The molecule has 0 saturated carbocycles. The van der Waals surface area contributed by atoms with Crippen LogP contribution in [0.2, 0.25) is 5.02 Å². The third-order valence-corrected chi connectivity index (χ3v) is 1.96. The molecule has 0 aliphatic carbocycles. The molecule has 0 atom stereocenters. The van der Waals surface area contributed by atoms with Gasteiger partial charge in [0.2, 0.25) is 5.71 Å². The van der Waals surface area contributed by atoms with Gasteiger partial charge < -0.3 is 4.74 Å². The van der Waals surface area contributed by atoms with Gasteiger partial charge in [-0.25, -0.2) is 0 Å². The Morgan fingerprint density at radius 1 is 1.32 bits per heavy atom. The number of benzene rings is 1. The zero-order chi connectivity index (χ0) is 14.5. The van der Waals surface area contributed by atoms with Crippen LogP contribution in [0.4, 0.5) is 18.9 Å². The summed E-state index contributed by atoms with van der Waals surface area (Å²) in [6.45, 7) is 0. The van der Waals surface area contributed by atoms with E-state index in [1.54, 1.807) is 0 Å². The van der Waals surface area contributed by atoms with E-state index in [9.17, 15) is 13.2 Å². The zero-order valence-electron chi connectivity index (χ0n) is 8.99. The molecule has 98 valence electrons. The average Bonchev–Trinajstić information content (AvgIpc) is 2.32. The third-order valence-electron chi connectivity index (χ3n) is 1.67. The standard InChI is InChI=1S/C10H4ClF3N4O/c11-8-3-6(17-18-7(4-15)5-16)1-2-9(8)19-10(12,13)14/h1-3,17H. The Hall–Kier alpha value is -2.45. The first kappa shape index (κ1) is 14.6. The quantitative estimate of drug-likeness (QED) is 0.684. The Balaban J connectivity index is 2.87. The fraction of sp³-hybridized carbons (Fsp3) is 0.100. The van der Waals surface area contributed by atoms with Crippen molar-refractivity contribution in [3.63, 3.8) is 0 Å². The van der Waals surface area contributed by atoms with Gasteiger partial charge in [-0.2, -0.15) is 15.6 Å². The minimum Gasteiger partial charge on any atom is -0.404 e. The van der Waals surface area contributed by atoms with Gasteiger partial charge in [-0.1, -0.05) is 11.6 Å². The number of ether oxygens (including phenoxy) is 1. The van der Waals surface area contributed by atoms with Crippen LogP contribution in [-0.4, -0.2) is 12.1 Å². The Labute approximate surface area is 110 Å². The van der Waals surface area contributed by atoms with Crippen LogP contribution in [0.3, 0.4) is 0 Å². The molecular formula is C10H4ClF3N4O. The number of halogens is 4. The summed E-state index contributed by atoms with van der Waals surface area (Å²) in [7, 11) is 0. The van der Waals surface area contributed by atoms with Crippen molar-refractivity contribution in [1.82, 2.24) is 0 Å². The maximum atomic E-state index is 12.0. The number of anilines is 1. The van der Waals surface area contributed by atoms with Gasteiger partial charge in [-0.05, 0) is 18.2 Å². The van der Waals surface area contributed by atoms with Crippen LogP contribution in [0.1, 0.15) is 0 Å². The zero-order valence-corrected chi connectivity index (χ0v) is 9.75.